The quantitative estimate of drug-likeness (QED) is 0.352. The Labute approximate surface area is 151 Å². The average molecular weight is 345 g/mol. The minimum atomic E-state index is 0.694. The van der Waals surface area contributed by atoms with E-state index in [0.717, 1.165) is 44.9 Å². The third-order valence-electron chi connectivity index (χ3n) is 4.19. The number of nitrogens with one attached hydrogen (secondary N) is 3. The summed E-state index contributed by atoms with van der Waals surface area (Å²) in [6, 6.07) is 8.44. The van der Waals surface area contributed by atoms with Gasteiger partial charge in [-0.25, -0.2) is 0 Å². The molecule has 0 aliphatic heterocycles. The lowest BCUT2D eigenvalue weighted by molar-refractivity contribution is 0.128. The number of ether oxygens (including phenoxy) is 1. The van der Waals surface area contributed by atoms with Crippen LogP contribution in [0.15, 0.2) is 35.5 Å². The Morgan fingerprint density at radius 3 is 2.76 bits per heavy atom. The molecule has 0 unspecified atom stereocenters. The number of H-pyrrole nitrogens is 1. The molecule has 0 aliphatic rings. The second-order valence-electron chi connectivity index (χ2n) is 6.68. The molecule has 2 aromatic rings. The molecule has 0 fully saturated rings. The van der Waals surface area contributed by atoms with Crippen molar-refractivity contribution in [2.24, 2.45) is 10.9 Å². The van der Waals surface area contributed by atoms with Crippen LogP contribution in [0.2, 0.25) is 0 Å². The van der Waals surface area contributed by atoms with Crippen LogP contribution in [0.4, 0.5) is 0 Å². The number of fused-ring (bicyclic) bond motifs is 1. The van der Waals surface area contributed by atoms with Crippen molar-refractivity contribution in [3.63, 3.8) is 0 Å². The van der Waals surface area contributed by atoms with Gasteiger partial charge in [0.05, 0.1) is 6.61 Å². The van der Waals surface area contributed by atoms with E-state index < -0.39 is 0 Å². The first kappa shape index (κ1) is 19.3. The van der Waals surface area contributed by atoms with Gasteiger partial charge in [-0.1, -0.05) is 32.0 Å². The summed E-state index contributed by atoms with van der Waals surface area (Å²) in [5, 5.41) is 7.97. The number of aromatic amines is 1. The second-order valence-corrected chi connectivity index (χ2v) is 6.68. The second kappa shape index (κ2) is 10.8. The Balaban J connectivity index is 1.59. The maximum Gasteiger partial charge on any atom is 0.191 e. The molecule has 5 nitrogen and oxygen atoms in total. The van der Waals surface area contributed by atoms with Crippen LogP contribution < -0.4 is 10.6 Å². The van der Waals surface area contributed by atoms with Crippen molar-refractivity contribution in [3.05, 3.63) is 36.0 Å². The highest BCUT2D eigenvalue weighted by Crippen LogP contribution is 2.18. The van der Waals surface area contributed by atoms with E-state index in [2.05, 4.69) is 64.9 Å². The minimum Gasteiger partial charge on any atom is -0.380 e. The molecule has 0 spiro atoms. The molecule has 0 saturated carbocycles. The number of rotatable bonds is 10. The summed E-state index contributed by atoms with van der Waals surface area (Å²) in [6.45, 7) is 7.64. The Hall–Kier alpha value is -2.01. The first-order valence-corrected chi connectivity index (χ1v) is 9.28. The van der Waals surface area contributed by atoms with Gasteiger partial charge in [-0.15, -0.1) is 0 Å². The third kappa shape index (κ3) is 6.78. The van der Waals surface area contributed by atoms with Crippen molar-refractivity contribution in [1.82, 2.24) is 15.6 Å². The predicted molar refractivity (Wildman–Crippen MR) is 106 cm³/mol. The van der Waals surface area contributed by atoms with Gasteiger partial charge in [0, 0.05) is 43.8 Å². The van der Waals surface area contributed by atoms with Crippen LogP contribution in [0, 0.1) is 5.92 Å². The SMILES string of the molecule is CN=C(NCCCc1c[nH]c2ccccc12)NCCOCCC(C)C. The van der Waals surface area contributed by atoms with Gasteiger partial charge in [0.2, 0.25) is 0 Å². The Morgan fingerprint density at radius 2 is 1.96 bits per heavy atom. The molecule has 0 aliphatic carbocycles. The standard InChI is InChI=1S/C20H32N4O/c1-16(2)10-13-25-14-12-23-20(21-3)22-11-6-7-17-15-24-19-9-5-4-8-18(17)19/h4-5,8-9,15-16,24H,6-7,10-14H2,1-3H3,(H2,21,22,23). The predicted octanol–water partition coefficient (Wildman–Crippen LogP) is 3.33. The molecule has 3 N–H and O–H groups in total. The van der Waals surface area contributed by atoms with Gasteiger partial charge in [-0.2, -0.15) is 0 Å². The molecule has 0 bridgehead atoms. The number of aliphatic imine (C=N–C) groups is 1. The van der Waals surface area contributed by atoms with Gasteiger partial charge in [-0.3, -0.25) is 4.99 Å². The lowest BCUT2D eigenvalue weighted by atomic mass is 10.1. The van der Waals surface area contributed by atoms with Crippen molar-refractivity contribution in [1.29, 1.82) is 0 Å². The molecule has 1 heterocycles. The highest BCUT2D eigenvalue weighted by Gasteiger charge is 2.03. The average Bonchev–Trinajstić information content (AvgIpc) is 3.02. The fourth-order valence-electron chi connectivity index (χ4n) is 2.71. The number of aryl methyl sites for hydroxylation is 1. The van der Waals surface area contributed by atoms with E-state index in [1.165, 1.54) is 16.5 Å². The van der Waals surface area contributed by atoms with Gasteiger partial charge in [0.1, 0.15) is 0 Å². The van der Waals surface area contributed by atoms with Crippen LogP contribution >= 0.6 is 0 Å². The molecule has 2 rings (SSSR count). The number of hydrogen-bond donors (Lipinski definition) is 3. The molecule has 1 aromatic heterocycles. The number of nitrogens with zero attached hydrogens (tertiary/aromatic N) is 1. The topological polar surface area (TPSA) is 61.4 Å². The highest BCUT2D eigenvalue weighted by atomic mass is 16.5. The van der Waals surface area contributed by atoms with Crippen LogP contribution in [0.3, 0.4) is 0 Å². The van der Waals surface area contributed by atoms with Crippen LogP contribution in [0.25, 0.3) is 10.9 Å². The molecule has 25 heavy (non-hydrogen) atoms. The summed E-state index contributed by atoms with van der Waals surface area (Å²) >= 11 is 0. The zero-order valence-corrected chi connectivity index (χ0v) is 15.8. The van der Waals surface area contributed by atoms with E-state index >= 15 is 0 Å². The summed E-state index contributed by atoms with van der Waals surface area (Å²) in [7, 11) is 1.80. The van der Waals surface area contributed by atoms with Crippen molar-refractivity contribution in [2.75, 3.05) is 33.4 Å². The summed E-state index contributed by atoms with van der Waals surface area (Å²) in [6.07, 6.45) is 5.34. The molecular formula is C20H32N4O. The summed E-state index contributed by atoms with van der Waals surface area (Å²) < 4.78 is 5.61. The van der Waals surface area contributed by atoms with Crippen molar-refractivity contribution >= 4 is 16.9 Å². The molecule has 138 valence electrons. The Bertz CT molecular complexity index is 648. The minimum absolute atomic E-state index is 0.694. The van der Waals surface area contributed by atoms with Gasteiger partial charge < -0.3 is 20.4 Å². The highest BCUT2D eigenvalue weighted by molar-refractivity contribution is 5.83. The first-order valence-electron chi connectivity index (χ1n) is 9.28. The summed E-state index contributed by atoms with van der Waals surface area (Å²) in [5.41, 5.74) is 2.58. The van der Waals surface area contributed by atoms with Crippen molar-refractivity contribution in [2.45, 2.75) is 33.1 Å². The van der Waals surface area contributed by atoms with Gasteiger partial charge >= 0.3 is 0 Å². The smallest absolute Gasteiger partial charge is 0.191 e. The number of guanidine groups is 1. The van der Waals surface area contributed by atoms with E-state index in [1.54, 1.807) is 7.05 Å². The van der Waals surface area contributed by atoms with E-state index in [-0.39, 0.29) is 0 Å². The fourth-order valence-corrected chi connectivity index (χ4v) is 2.71. The zero-order valence-electron chi connectivity index (χ0n) is 15.8. The van der Waals surface area contributed by atoms with E-state index in [0.29, 0.717) is 12.5 Å². The van der Waals surface area contributed by atoms with Crippen molar-refractivity contribution in [3.8, 4) is 0 Å². The fraction of sp³-hybridized carbons (Fsp3) is 0.550. The largest absolute Gasteiger partial charge is 0.380 e. The number of para-hydroxylation sites is 1. The Kier molecular flexibility index (Phi) is 8.32. The van der Waals surface area contributed by atoms with Crippen LogP contribution in [0.5, 0.6) is 0 Å². The van der Waals surface area contributed by atoms with E-state index in [9.17, 15) is 0 Å². The third-order valence-corrected chi connectivity index (χ3v) is 4.19. The van der Waals surface area contributed by atoms with E-state index in [4.69, 9.17) is 4.74 Å². The van der Waals surface area contributed by atoms with Crippen LogP contribution in [-0.4, -0.2) is 44.3 Å². The van der Waals surface area contributed by atoms with E-state index in [1.807, 2.05) is 0 Å². The van der Waals surface area contributed by atoms with Crippen LogP contribution in [-0.2, 0) is 11.2 Å². The normalized spacial score (nSPS) is 12.1. The molecule has 0 amide bonds. The molecule has 0 saturated heterocycles. The summed E-state index contributed by atoms with van der Waals surface area (Å²) in [4.78, 5) is 7.58. The number of hydrogen-bond acceptors (Lipinski definition) is 2. The van der Waals surface area contributed by atoms with Gasteiger partial charge in [0.15, 0.2) is 5.96 Å². The molecule has 1 aromatic carbocycles. The van der Waals surface area contributed by atoms with Crippen LogP contribution in [0.1, 0.15) is 32.3 Å². The lowest BCUT2D eigenvalue weighted by Crippen LogP contribution is -2.39. The zero-order chi connectivity index (χ0) is 17.9. The number of benzene rings is 1. The van der Waals surface area contributed by atoms with Crippen molar-refractivity contribution < 1.29 is 4.74 Å². The maximum atomic E-state index is 5.61. The molecule has 0 radical (unpaired) electrons. The maximum absolute atomic E-state index is 5.61. The number of aromatic nitrogens is 1. The monoisotopic (exact) mass is 344 g/mol. The molecule has 5 heteroatoms. The summed E-state index contributed by atoms with van der Waals surface area (Å²) in [5.74, 6) is 1.53. The lowest BCUT2D eigenvalue weighted by Gasteiger charge is -2.12. The Morgan fingerprint density at radius 1 is 1.16 bits per heavy atom. The van der Waals surface area contributed by atoms with Gasteiger partial charge in [-0.05, 0) is 36.8 Å². The first-order chi connectivity index (χ1) is 12.2. The molecular weight excluding hydrogens is 312 g/mol. The molecule has 0 atom stereocenters. The van der Waals surface area contributed by atoms with Gasteiger partial charge in [0.25, 0.3) is 0 Å².